The van der Waals surface area contributed by atoms with Crippen LogP contribution in [-0.2, 0) is 33.7 Å². The van der Waals surface area contributed by atoms with Crippen molar-refractivity contribution in [3.63, 3.8) is 0 Å². The summed E-state index contributed by atoms with van der Waals surface area (Å²) in [4.78, 5) is 41.7. The summed E-state index contributed by atoms with van der Waals surface area (Å²) < 4.78 is 24.4. The van der Waals surface area contributed by atoms with Gasteiger partial charge in [0.1, 0.15) is 76.6 Å². The normalized spacial score (nSPS) is 23.2. The van der Waals surface area contributed by atoms with E-state index in [4.69, 9.17) is 30.1 Å². The van der Waals surface area contributed by atoms with Crippen molar-refractivity contribution in [2.24, 2.45) is 4.99 Å². The number of benzene rings is 1. The highest BCUT2D eigenvalue weighted by Crippen LogP contribution is 2.47. The van der Waals surface area contributed by atoms with Gasteiger partial charge in [-0.2, -0.15) is 0 Å². The van der Waals surface area contributed by atoms with Gasteiger partial charge in [-0.05, 0) is 88.8 Å². The molecule has 0 saturated carbocycles. The number of nitrogen functional groups attached to an aromatic ring is 2. The van der Waals surface area contributed by atoms with Gasteiger partial charge in [0, 0.05) is 48.1 Å². The zero-order chi connectivity index (χ0) is 38.6. The lowest BCUT2D eigenvalue weighted by Crippen LogP contribution is -3.04. The quantitative estimate of drug-likeness (QED) is 0.0803. The molecular weight excluding hydrogens is 704 g/mol. The molecule has 55 heavy (non-hydrogen) atoms. The van der Waals surface area contributed by atoms with E-state index in [-0.39, 0.29) is 35.2 Å². The fraction of sp³-hybridized carbons (Fsp3) is 0.390. The number of nitrogens with two attached hydrogens (primary N) is 2. The fourth-order valence-electron chi connectivity index (χ4n) is 7.98. The van der Waals surface area contributed by atoms with Crippen LogP contribution in [0.3, 0.4) is 0 Å². The molecule has 0 spiro atoms. The van der Waals surface area contributed by atoms with E-state index in [9.17, 15) is 19.8 Å². The number of pyridine rings is 2. The Labute approximate surface area is 317 Å². The number of aromatic hydroxyl groups is 1. The van der Waals surface area contributed by atoms with Crippen LogP contribution in [0.4, 0.5) is 11.6 Å². The number of aliphatic hydroxyl groups excluding tert-OH is 1. The number of esters is 1. The van der Waals surface area contributed by atoms with E-state index in [1.54, 1.807) is 32.9 Å². The van der Waals surface area contributed by atoms with E-state index in [0.29, 0.717) is 73.1 Å². The lowest BCUT2D eigenvalue weighted by atomic mass is 9.89. The largest absolute Gasteiger partial charge is 0.507 e. The number of carbonyl (C=O) groups excluding carboxylic acids is 1. The lowest BCUT2D eigenvalue weighted by Gasteiger charge is -2.39. The number of anilines is 2. The number of aliphatic imine (C=N–C) groups is 1. The van der Waals surface area contributed by atoms with E-state index in [0.717, 1.165) is 29.1 Å². The molecule has 0 bridgehead atoms. The number of carbonyl (C=O) groups is 1. The molecule has 14 heteroatoms. The number of aliphatic hydroxyl groups is 1. The topological polar surface area (TPSA) is 213 Å². The number of aromatic nitrogens is 2. The van der Waals surface area contributed by atoms with E-state index in [1.807, 2.05) is 30.5 Å². The Bertz CT molecular complexity index is 2370. The molecule has 4 atom stereocenters. The van der Waals surface area contributed by atoms with Crippen molar-refractivity contribution in [3.8, 4) is 22.8 Å². The number of hydrogen-bond donors (Lipinski definition) is 5. The van der Waals surface area contributed by atoms with Crippen molar-refractivity contribution in [2.75, 3.05) is 24.6 Å². The molecular formula is C41H45N6O8+. The van der Waals surface area contributed by atoms with Crippen LogP contribution in [0.25, 0.3) is 22.2 Å². The average molecular weight is 750 g/mol. The van der Waals surface area contributed by atoms with Gasteiger partial charge in [-0.25, -0.2) is 14.8 Å². The monoisotopic (exact) mass is 749 g/mol. The Morgan fingerprint density at radius 1 is 1.09 bits per heavy atom. The molecule has 1 saturated heterocycles. The zero-order valence-electron chi connectivity index (χ0n) is 31.1. The maximum Gasteiger partial charge on any atom is 0.341 e. The number of quaternary nitrogens is 1. The van der Waals surface area contributed by atoms with E-state index >= 15 is 0 Å². The first-order valence-electron chi connectivity index (χ1n) is 18.6. The second-order valence-corrected chi connectivity index (χ2v) is 15.4. The number of nitrogens with zero attached hydrogens (tertiary/aromatic N) is 3. The molecule has 4 aliphatic heterocycles. The number of epoxide rings is 1. The van der Waals surface area contributed by atoms with Crippen molar-refractivity contribution in [1.82, 2.24) is 9.97 Å². The zero-order valence-corrected chi connectivity index (χ0v) is 31.1. The van der Waals surface area contributed by atoms with Crippen LogP contribution in [0.1, 0.15) is 62.1 Å². The van der Waals surface area contributed by atoms with Gasteiger partial charge in [-0.1, -0.05) is 0 Å². The summed E-state index contributed by atoms with van der Waals surface area (Å²) in [5, 5.41) is 20.8. The minimum absolute atomic E-state index is 0.0131. The summed E-state index contributed by atoms with van der Waals surface area (Å²) in [6, 6.07) is 10.5. The number of hydrogen-bond acceptors (Lipinski definition) is 13. The van der Waals surface area contributed by atoms with E-state index < -0.39 is 29.4 Å². The maximum atomic E-state index is 14.1. The predicted octanol–water partition coefficient (Wildman–Crippen LogP) is 3.24. The van der Waals surface area contributed by atoms with Gasteiger partial charge in [0.15, 0.2) is 11.0 Å². The average Bonchev–Trinajstić information content (AvgIpc) is 3.43. The van der Waals surface area contributed by atoms with Gasteiger partial charge in [0.05, 0.1) is 17.5 Å². The van der Waals surface area contributed by atoms with Crippen molar-refractivity contribution in [3.05, 3.63) is 92.7 Å². The standard InChI is InChI=1S/C41H44N6O8/c1-22-12-30(49)37-32(52-22)18-31-27(38(37)50)17-34(40(2,3)54-31)53-39(51)41(9-4-5-11-48)33(55-41)7-6-23-13-28(46-35(42)14-23)25-15-26(45-36(43)16-25)20-47-19-24-8-10-44-29(24)21-47/h8,10,12-16,18,21,33-34,48,50H,4-7,9,11,17,19-20H2,1-3H3,(H2,42,46)(H2,43,45)/p+1/t33-,34-,41+/m1/s1. The molecule has 14 nitrogen and oxygen atoms in total. The Hall–Kier alpha value is -5.57. The Morgan fingerprint density at radius 3 is 2.71 bits per heavy atom. The van der Waals surface area contributed by atoms with Crippen LogP contribution in [0.5, 0.6) is 11.5 Å². The lowest BCUT2D eigenvalue weighted by molar-refractivity contribution is -0.852. The molecule has 1 aromatic carbocycles. The smallest absolute Gasteiger partial charge is 0.341 e. The molecule has 8 rings (SSSR count). The molecule has 1 fully saturated rings. The van der Waals surface area contributed by atoms with Crippen molar-refractivity contribution < 1.29 is 38.5 Å². The molecule has 0 radical (unpaired) electrons. The van der Waals surface area contributed by atoms with Gasteiger partial charge in [-0.15, -0.1) is 0 Å². The molecule has 3 aromatic heterocycles. The van der Waals surface area contributed by atoms with Gasteiger partial charge in [-0.3, -0.25) is 14.7 Å². The highest BCUT2D eigenvalue weighted by molar-refractivity contribution is 5.87. The summed E-state index contributed by atoms with van der Waals surface area (Å²) in [7, 11) is 0. The SMILES string of the molecule is Cc1cc(=O)c2c(O)c3c(cc2o1)OC(C)(C)[C@H](OC(=O)[C@@]1(CCCCO)O[C@@H]1CCc1cc(N)nc(-c2cc(N)nc(C[NH+]4C=C5N=CC=C5C4)c2)c1)C3. The Balaban J connectivity index is 0.976. The highest BCUT2D eigenvalue weighted by atomic mass is 16.7. The molecule has 7 N–H and O–H groups in total. The Morgan fingerprint density at radius 2 is 1.91 bits per heavy atom. The Kier molecular flexibility index (Phi) is 9.22. The third kappa shape index (κ3) is 7.08. The number of ether oxygens (including phenoxy) is 3. The number of aryl methyl sites for hydroxylation is 2. The number of fused-ring (bicyclic) bond motifs is 3. The highest BCUT2D eigenvalue weighted by Gasteiger charge is 2.63. The van der Waals surface area contributed by atoms with Crippen molar-refractivity contribution >= 4 is 34.8 Å². The van der Waals surface area contributed by atoms with E-state index in [2.05, 4.69) is 21.2 Å². The second kappa shape index (κ2) is 13.9. The van der Waals surface area contributed by atoms with Gasteiger partial charge in [0.25, 0.3) is 0 Å². The maximum absolute atomic E-state index is 14.1. The summed E-state index contributed by atoms with van der Waals surface area (Å²) in [6.45, 7) is 6.73. The molecule has 286 valence electrons. The summed E-state index contributed by atoms with van der Waals surface area (Å²) in [5.41, 5.74) is 16.0. The molecule has 1 unspecified atom stereocenters. The third-order valence-corrected chi connectivity index (χ3v) is 10.9. The van der Waals surface area contributed by atoms with E-state index in [1.165, 1.54) is 16.5 Å². The molecule has 4 aliphatic rings. The van der Waals surface area contributed by atoms with Gasteiger partial charge >= 0.3 is 5.97 Å². The van der Waals surface area contributed by atoms with Crippen LogP contribution < -0.4 is 26.5 Å². The minimum atomic E-state index is -1.21. The fourth-order valence-corrected chi connectivity index (χ4v) is 7.98. The first-order chi connectivity index (χ1) is 26.3. The summed E-state index contributed by atoms with van der Waals surface area (Å²) in [6.07, 6.45) is 7.29. The second-order valence-electron chi connectivity index (χ2n) is 15.4. The summed E-state index contributed by atoms with van der Waals surface area (Å²) in [5.74, 6) is 0.723. The molecule has 7 heterocycles. The van der Waals surface area contributed by atoms with Gasteiger partial charge < -0.3 is 40.3 Å². The number of unbranched alkanes of at least 4 members (excludes halogenated alkanes) is 1. The van der Waals surface area contributed by atoms with Crippen molar-refractivity contribution in [1.29, 1.82) is 0 Å². The number of nitrogens with one attached hydrogen (secondary N) is 1. The summed E-state index contributed by atoms with van der Waals surface area (Å²) >= 11 is 0. The molecule has 0 aliphatic carbocycles. The number of phenols is 1. The first kappa shape index (κ1) is 36.4. The molecule has 0 amide bonds. The minimum Gasteiger partial charge on any atom is -0.507 e. The van der Waals surface area contributed by atoms with Crippen LogP contribution >= 0.6 is 0 Å². The van der Waals surface area contributed by atoms with Crippen LogP contribution in [0.2, 0.25) is 0 Å². The number of phenolic OH excluding ortho intramolecular Hbond substituents is 1. The third-order valence-electron chi connectivity index (χ3n) is 10.9. The van der Waals surface area contributed by atoms with Crippen LogP contribution in [0, 0.1) is 6.92 Å². The predicted molar refractivity (Wildman–Crippen MR) is 205 cm³/mol. The molecule has 4 aromatic rings. The first-order valence-corrected chi connectivity index (χ1v) is 18.6. The van der Waals surface area contributed by atoms with Crippen molar-refractivity contribution in [2.45, 2.75) is 89.3 Å². The van der Waals surface area contributed by atoms with Gasteiger partial charge in [0.2, 0.25) is 0 Å². The number of allylic oxidation sites excluding steroid dienone is 1. The van der Waals surface area contributed by atoms with Crippen LogP contribution in [-0.4, -0.2) is 68.9 Å². The van der Waals surface area contributed by atoms with Crippen LogP contribution in [0.15, 0.2) is 74.1 Å². The number of rotatable bonds is 12.